The van der Waals surface area contributed by atoms with Gasteiger partial charge in [0.25, 0.3) is 0 Å². The van der Waals surface area contributed by atoms with Crippen LogP contribution in [0.1, 0.15) is 42.7 Å². The molecule has 1 unspecified atom stereocenters. The van der Waals surface area contributed by atoms with Gasteiger partial charge >= 0.3 is 0 Å². The highest BCUT2D eigenvalue weighted by atomic mass is 19.2. The van der Waals surface area contributed by atoms with Crippen molar-refractivity contribution in [3.05, 3.63) is 71.4 Å². The van der Waals surface area contributed by atoms with E-state index >= 15 is 0 Å². The molecule has 5 rings (SSSR count). The minimum absolute atomic E-state index is 0.0432. The van der Waals surface area contributed by atoms with Crippen molar-refractivity contribution >= 4 is 23.1 Å². The number of likely N-dealkylation sites (tertiary alicyclic amines) is 2. The quantitative estimate of drug-likeness (QED) is 0.381. The Morgan fingerprint density at radius 1 is 1.11 bits per heavy atom. The summed E-state index contributed by atoms with van der Waals surface area (Å²) in [4.78, 5) is 21.0. The van der Waals surface area contributed by atoms with Crippen LogP contribution in [0.15, 0.2) is 47.2 Å². The average molecular weight is 514 g/mol. The van der Waals surface area contributed by atoms with Crippen molar-refractivity contribution in [3.63, 3.8) is 0 Å². The number of amides is 1. The Balaban J connectivity index is 1.14. The number of hydrogen-bond acceptors (Lipinski definition) is 5. The van der Waals surface area contributed by atoms with Gasteiger partial charge in [-0.3, -0.25) is 9.69 Å². The summed E-state index contributed by atoms with van der Waals surface area (Å²) in [7, 11) is 0. The number of hydrogen-bond donors (Lipinski definition) is 1. The van der Waals surface area contributed by atoms with E-state index in [4.69, 9.17) is 4.42 Å². The lowest BCUT2D eigenvalue weighted by molar-refractivity contribution is -0.127. The lowest BCUT2D eigenvalue weighted by Crippen LogP contribution is -2.50. The molecule has 0 bridgehead atoms. The molecule has 2 aliphatic heterocycles. The van der Waals surface area contributed by atoms with Crippen molar-refractivity contribution in [1.82, 2.24) is 14.8 Å². The topological polar surface area (TPSA) is 69.8 Å². The van der Waals surface area contributed by atoms with Gasteiger partial charge in [-0.1, -0.05) is 0 Å². The number of piperidine rings is 2. The van der Waals surface area contributed by atoms with Gasteiger partial charge in [0, 0.05) is 42.4 Å². The largest absolute Gasteiger partial charge is 0.446 e. The molecule has 6 nitrogen and oxygen atoms in total. The Bertz CT molecular complexity index is 1250. The highest BCUT2D eigenvalue weighted by Gasteiger charge is 2.34. The molecule has 37 heavy (non-hydrogen) atoms. The molecular formula is C28H30F3N3O3. The number of pyridine rings is 1. The van der Waals surface area contributed by atoms with Gasteiger partial charge in [-0.25, -0.2) is 18.2 Å². The predicted octanol–water partition coefficient (Wildman–Crippen LogP) is 4.74. The van der Waals surface area contributed by atoms with Crippen LogP contribution in [0.4, 0.5) is 13.2 Å². The van der Waals surface area contributed by atoms with E-state index in [0.717, 1.165) is 56.3 Å². The number of rotatable bonds is 6. The molecule has 0 radical (unpaired) electrons. The van der Waals surface area contributed by atoms with Gasteiger partial charge in [0.2, 0.25) is 11.6 Å². The molecule has 9 heteroatoms. The van der Waals surface area contributed by atoms with Crippen LogP contribution >= 0.6 is 0 Å². The zero-order valence-corrected chi connectivity index (χ0v) is 20.5. The predicted molar refractivity (Wildman–Crippen MR) is 133 cm³/mol. The molecule has 196 valence electrons. The number of carbonyl (C=O) groups is 1. The number of benzene rings is 1. The molecule has 2 saturated heterocycles. The highest BCUT2D eigenvalue weighted by molar-refractivity contribution is 5.91. The monoisotopic (exact) mass is 513 g/mol. The van der Waals surface area contributed by atoms with Gasteiger partial charge in [-0.05, 0) is 86.5 Å². The van der Waals surface area contributed by atoms with Crippen molar-refractivity contribution in [3.8, 4) is 0 Å². The number of nitrogens with zero attached hydrogens (tertiary/aromatic N) is 3. The van der Waals surface area contributed by atoms with Gasteiger partial charge in [0.15, 0.2) is 17.5 Å². The molecule has 0 aliphatic carbocycles. The summed E-state index contributed by atoms with van der Waals surface area (Å²) in [5, 5.41) is 11.3. The molecule has 1 aromatic carbocycles. The molecule has 3 aromatic rings. The summed E-state index contributed by atoms with van der Waals surface area (Å²) in [6.07, 6.45) is 9.60. The highest BCUT2D eigenvalue weighted by Crippen LogP contribution is 2.35. The lowest BCUT2D eigenvalue weighted by atomic mass is 9.85. The van der Waals surface area contributed by atoms with E-state index in [1.807, 2.05) is 18.4 Å². The van der Waals surface area contributed by atoms with Gasteiger partial charge in [0.1, 0.15) is 0 Å². The first-order valence-electron chi connectivity index (χ1n) is 12.7. The number of halogens is 3. The summed E-state index contributed by atoms with van der Waals surface area (Å²) >= 11 is 0. The minimum atomic E-state index is -1.53. The first-order valence-corrected chi connectivity index (χ1v) is 12.7. The van der Waals surface area contributed by atoms with Crippen molar-refractivity contribution in [1.29, 1.82) is 0 Å². The van der Waals surface area contributed by atoms with Crippen molar-refractivity contribution < 1.29 is 27.5 Å². The van der Waals surface area contributed by atoms with Crippen molar-refractivity contribution in [2.24, 2.45) is 5.92 Å². The second-order valence-electron chi connectivity index (χ2n) is 9.90. The van der Waals surface area contributed by atoms with E-state index in [9.17, 15) is 23.1 Å². The number of aromatic nitrogens is 1. The smallest absolute Gasteiger partial charge is 0.246 e. The van der Waals surface area contributed by atoms with Gasteiger partial charge in [0.05, 0.1) is 12.9 Å². The molecule has 2 fully saturated rings. The first-order chi connectivity index (χ1) is 17.9. The summed E-state index contributed by atoms with van der Waals surface area (Å²) in [5.41, 5.74) is 1.96. The Hall–Kier alpha value is -3.17. The zero-order chi connectivity index (χ0) is 25.9. The molecule has 0 spiro atoms. The summed E-state index contributed by atoms with van der Waals surface area (Å²) in [6, 6.07) is 5.73. The fraction of sp³-hybridized carbons (Fsp3) is 0.429. The van der Waals surface area contributed by atoms with Gasteiger partial charge in [-0.15, -0.1) is 0 Å². The van der Waals surface area contributed by atoms with E-state index in [0.29, 0.717) is 24.7 Å². The number of aliphatic hydroxyl groups is 1. The maximum atomic E-state index is 13.4. The maximum absolute atomic E-state index is 13.4. The third kappa shape index (κ3) is 5.43. The second kappa shape index (κ2) is 11.1. The minimum Gasteiger partial charge on any atom is -0.446 e. The molecular weight excluding hydrogens is 483 g/mol. The number of aliphatic hydroxyl groups excluding tert-OH is 1. The first kappa shape index (κ1) is 25.5. The Morgan fingerprint density at radius 2 is 1.81 bits per heavy atom. The standard InChI is InChI=1S/C28H30F3N3O3/c29-23-14-18(15-24(30)27(23)31)3-4-26(36)34-12-7-20(8-13-34)25(16-35)33-10-5-19(6-11-33)22-17-37-28-21(22)2-1-9-32-28/h1-4,9,14-15,17,19-20,25,35H,5-8,10-13,16H2/b4-3+. The summed E-state index contributed by atoms with van der Waals surface area (Å²) < 4.78 is 45.6. The third-order valence-corrected chi connectivity index (χ3v) is 7.83. The van der Waals surface area contributed by atoms with E-state index in [1.165, 1.54) is 17.7 Å². The molecule has 1 atom stereocenters. The summed E-state index contributed by atoms with van der Waals surface area (Å²) in [5.74, 6) is -3.69. The normalized spacial score (nSPS) is 19.2. The van der Waals surface area contributed by atoms with Crippen LogP contribution in [-0.4, -0.2) is 64.6 Å². The van der Waals surface area contributed by atoms with Gasteiger partial charge < -0.3 is 14.4 Å². The second-order valence-corrected chi connectivity index (χ2v) is 9.90. The maximum Gasteiger partial charge on any atom is 0.246 e. The fourth-order valence-electron chi connectivity index (χ4n) is 5.76. The van der Waals surface area contributed by atoms with Crippen LogP contribution in [0.5, 0.6) is 0 Å². The van der Waals surface area contributed by atoms with Crippen molar-refractivity contribution in [2.45, 2.75) is 37.6 Å². The lowest BCUT2D eigenvalue weighted by Gasteiger charge is -2.43. The fourth-order valence-corrected chi connectivity index (χ4v) is 5.76. The van der Waals surface area contributed by atoms with Crippen LogP contribution < -0.4 is 0 Å². The van der Waals surface area contributed by atoms with E-state index in [-0.39, 0.29) is 30.0 Å². The summed E-state index contributed by atoms with van der Waals surface area (Å²) in [6.45, 7) is 2.93. The Morgan fingerprint density at radius 3 is 2.49 bits per heavy atom. The molecule has 2 aliphatic rings. The Labute approximate surface area is 213 Å². The molecule has 1 N–H and O–H groups in total. The number of furan rings is 1. The van der Waals surface area contributed by atoms with Crippen LogP contribution in [0.3, 0.4) is 0 Å². The molecule has 4 heterocycles. The number of carbonyl (C=O) groups excluding carboxylic acids is 1. The van der Waals surface area contributed by atoms with Crippen LogP contribution in [0.2, 0.25) is 0 Å². The van der Waals surface area contributed by atoms with Crippen LogP contribution in [0, 0.1) is 23.4 Å². The van der Waals surface area contributed by atoms with E-state index in [1.54, 1.807) is 11.1 Å². The zero-order valence-electron chi connectivity index (χ0n) is 20.5. The van der Waals surface area contributed by atoms with E-state index in [2.05, 4.69) is 9.88 Å². The Kier molecular flexibility index (Phi) is 7.62. The van der Waals surface area contributed by atoms with E-state index < -0.39 is 17.5 Å². The van der Waals surface area contributed by atoms with Gasteiger partial charge in [-0.2, -0.15) is 0 Å². The SMILES string of the molecule is O=C(/C=C/c1cc(F)c(F)c(F)c1)N1CCC(C(CO)N2CCC(c3coc4ncccc34)CC2)CC1. The van der Waals surface area contributed by atoms with Crippen molar-refractivity contribution in [2.75, 3.05) is 32.8 Å². The third-order valence-electron chi connectivity index (χ3n) is 7.83. The molecule has 0 saturated carbocycles. The molecule has 1 amide bonds. The van der Waals surface area contributed by atoms with Crippen LogP contribution in [0.25, 0.3) is 17.2 Å². The van der Waals surface area contributed by atoms with Crippen LogP contribution in [-0.2, 0) is 4.79 Å². The average Bonchev–Trinajstić information content (AvgIpc) is 3.36. The molecule has 2 aromatic heterocycles. The number of fused-ring (bicyclic) bond motifs is 1.